The summed E-state index contributed by atoms with van der Waals surface area (Å²) >= 11 is 0. The Bertz CT molecular complexity index is 810. The SMILES string of the molecule is CCCCNC(=O)N1C[C@H](C(=O)N[C@@H](C)c2ccccc2)C[C@H](c2ccccc2)C1. The summed E-state index contributed by atoms with van der Waals surface area (Å²) in [5.74, 6) is -0.0648. The van der Waals surface area contributed by atoms with E-state index in [4.69, 9.17) is 0 Å². The Balaban J connectivity index is 1.71. The molecule has 3 rings (SSSR count). The van der Waals surface area contributed by atoms with Gasteiger partial charge >= 0.3 is 6.03 Å². The summed E-state index contributed by atoms with van der Waals surface area (Å²) in [4.78, 5) is 27.7. The van der Waals surface area contributed by atoms with Crippen LogP contribution in [0.2, 0.25) is 0 Å². The zero-order chi connectivity index (χ0) is 21.3. The predicted octanol–water partition coefficient (Wildman–Crippen LogP) is 4.48. The first-order valence-corrected chi connectivity index (χ1v) is 11.0. The molecule has 30 heavy (non-hydrogen) atoms. The molecule has 0 aliphatic carbocycles. The third kappa shape index (κ3) is 5.85. The molecular weight excluding hydrogens is 374 g/mol. The van der Waals surface area contributed by atoms with Gasteiger partial charge < -0.3 is 15.5 Å². The number of rotatable bonds is 7. The van der Waals surface area contributed by atoms with Crippen molar-refractivity contribution >= 4 is 11.9 Å². The number of nitrogens with one attached hydrogen (secondary N) is 2. The fourth-order valence-corrected chi connectivity index (χ4v) is 4.06. The number of likely N-dealkylation sites (tertiary alicyclic amines) is 1. The molecule has 0 saturated carbocycles. The van der Waals surface area contributed by atoms with Crippen LogP contribution in [0, 0.1) is 5.92 Å². The zero-order valence-corrected chi connectivity index (χ0v) is 18.0. The molecule has 3 atom stereocenters. The number of carbonyl (C=O) groups is 2. The molecule has 1 fully saturated rings. The highest BCUT2D eigenvalue weighted by Crippen LogP contribution is 2.31. The molecule has 0 bridgehead atoms. The average Bonchev–Trinajstić information content (AvgIpc) is 2.80. The number of hydrogen-bond acceptors (Lipinski definition) is 2. The highest BCUT2D eigenvalue weighted by Gasteiger charge is 2.34. The molecule has 1 aliphatic rings. The Morgan fingerprint density at radius 2 is 1.70 bits per heavy atom. The van der Waals surface area contributed by atoms with Crippen molar-refractivity contribution in [2.24, 2.45) is 5.92 Å². The minimum atomic E-state index is -0.230. The molecule has 160 valence electrons. The lowest BCUT2D eigenvalue weighted by Gasteiger charge is -2.37. The Labute approximate surface area is 179 Å². The maximum absolute atomic E-state index is 13.1. The van der Waals surface area contributed by atoms with Gasteiger partial charge in [0.05, 0.1) is 12.0 Å². The number of piperidine rings is 1. The molecular formula is C25H33N3O2. The third-order valence-corrected chi connectivity index (χ3v) is 5.84. The van der Waals surface area contributed by atoms with Crippen molar-refractivity contribution in [2.75, 3.05) is 19.6 Å². The molecule has 0 aromatic heterocycles. The zero-order valence-electron chi connectivity index (χ0n) is 18.0. The van der Waals surface area contributed by atoms with Crippen molar-refractivity contribution < 1.29 is 9.59 Å². The van der Waals surface area contributed by atoms with Crippen LogP contribution in [0.25, 0.3) is 0 Å². The minimum Gasteiger partial charge on any atom is -0.349 e. The maximum Gasteiger partial charge on any atom is 0.317 e. The Hall–Kier alpha value is -2.82. The lowest BCUT2D eigenvalue weighted by molar-refractivity contribution is -0.127. The molecule has 2 N–H and O–H groups in total. The molecule has 0 spiro atoms. The molecule has 0 radical (unpaired) electrons. The second-order valence-electron chi connectivity index (χ2n) is 8.17. The van der Waals surface area contributed by atoms with Crippen LogP contribution in [-0.4, -0.2) is 36.5 Å². The quantitative estimate of drug-likeness (QED) is 0.665. The first kappa shape index (κ1) is 21.9. The van der Waals surface area contributed by atoms with E-state index in [9.17, 15) is 9.59 Å². The molecule has 0 unspecified atom stereocenters. The monoisotopic (exact) mass is 407 g/mol. The van der Waals surface area contributed by atoms with Crippen LogP contribution in [0.4, 0.5) is 4.79 Å². The fourth-order valence-electron chi connectivity index (χ4n) is 4.06. The lowest BCUT2D eigenvalue weighted by Crippen LogP contribution is -2.51. The number of urea groups is 1. The van der Waals surface area contributed by atoms with Crippen molar-refractivity contribution in [3.63, 3.8) is 0 Å². The molecule has 5 nitrogen and oxygen atoms in total. The van der Waals surface area contributed by atoms with Crippen molar-refractivity contribution in [1.29, 1.82) is 0 Å². The number of hydrogen-bond donors (Lipinski definition) is 2. The van der Waals surface area contributed by atoms with Crippen LogP contribution in [-0.2, 0) is 4.79 Å². The van der Waals surface area contributed by atoms with Crippen molar-refractivity contribution in [3.8, 4) is 0 Å². The van der Waals surface area contributed by atoms with Crippen LogP contribution >= 0.6 is 0 Å². The smallest absolute Gasteiger partial charge is 0.317 e. The van der Waals surface area contributed by atoms with Gasteiger partial charge in [0.15, 0.2) is 0 Å². The van der Waals surface area contributed by atoms with E-state index >= 15 is 0 Å². The van der Waals surface area contributed by atoms with E-state index in [0.717, 1.165) is 24.8 Å². The topological polar surface area (TPSA) is 61.4 Å². The minimum absolute atomic E-state index is 0.0124. The van der Waals surface area contributed by atoms with Gasteiger partial charge in [0.1, 0.15) is 0 Å². The Morgan fingerprint density at radius 1 is 1.03 bits per heavy atom. The summed E-state index contributed by atoms with van der Waals surface area (Å²) in [7, 11) is 0. The van der Waals surface area contributed by atoms with Crippen molar-refractivity contribution in [2.45, 2.75) is 45.1 Å². The normalized spacial score (nSPS) is 19.7. The second kappa shape index (κ2) is 10.8. The van der Waals surface area contributed by atoms with E-state index in [0.29, 0.717) is 19.6 Å². The van der Waals surface area contributed by atoms with Gasteiger partial charge in [-0.3, -0.25) is 4.79 Å². The molecule has 1 heterocycles. The number of amides is 3. The van der Waals surface area contributed by atoms with Crippen LogP contribution in [0.15, 0.2) is 60.7 Å². The van der Waals surface area contributed by atoms with E-state index < -0.39 is 0 Å². The number of benzene rings is 2. The van der Waals surface area contributed by atoms with E-state index in [2.05, 4.69) is 29.7 Å². The van der Waals surface area contributed by atoms with Gasteiger partial charge in [0.2, 0.25) is 5.91 Å². The molecule has 2 aromatic rings. The summed E-state index contributed by atoms with van der Waals surface area (Å²) in [5, 5.41) is 6.16. The van der Waals surface area contributed by atoms with Gasteiger partial charge in [-0.2, -0.15) is 0 Å². The summed E-state index contributed by atoms with van der Waals surface area (Å²) in [6, 6.07) is 20.0. The summed E-state index contributed by atoms with van der Waals surface area (Å²) in [6.45, 7) is 5.87. The van der Waals surface area contributed by atoms with E-state index in [1.165, 1.54) is 5.56 Å². The third-order valence-electron chi connectivity index (χ3n) is 5.84. The number of nitrogens with zero attached hydrogens (tertiary/aromatic N) is 1. The van der Waals surface area contributed by atoms with Gasteiger partial charge in [0.25, 0.3) is 0 Å². The van der Waals surface area contributed by atoms with Crippen LogP contribution in [0.1, 0.15) is 56.2 Å². The van der Waals surface area contributed by atoms with Gasteiger partial charge in [-0.05, 0) is 30.9 Å². The van der Waals surface area contributed by atoms with Crippen LogP contribution < -0.4 is 10.6 Å². The first-order valence-electron chi connectivity index (χ1n) is 11.0. The summed E-state index contributed by atoms with van der Waals surface area (Å²) in [6.07, 6.45) is 2.74. The molecule has 3 amide bonds. The summed E-state index contributed by atoms with van der Waals surface area (Å²) < 4.78 is 0. The van der Waals surface area contributed by atoms with Crippen LogP contribution in [0.3, 0.4) is 0 Å². The van der Waals surface area contributed by atoms with E-state index in [1.54, 1.807) is 0 Å². The van der Waals surface area contributed by atoms with Crippen molar-refractivity contribution in [1.82, 2.24) is 15.5 Å². The van der Waals surface area contributed by atoms with Crippen LogP contribution in [0.5, 0.6) is 0 Å². The van der Waals surface area contributed by atoms with Gasteiger partial charge in [-0.25, -0.2) is 4.79 Å². The summed E-state index contributed by atoms with van der Waals surface area (Å²) in [5.41, 5.74) is 2.26. The number of carbonyl (C=O) groups excluding carboxylic acids is 2. The van der Waals surface area contributed by atoms with Gasteiger partial charge in [-0.15, -0.1) is 0 Å². The molecule has 2 aromatic carbocycles. The van der Waals surface area contributed by atoms with E-state index in [-0.39, 0.29) is 29.8 Å². The lowest BCUT2D eigenvalue weighted by atomic mass is 9.84. The molecule has 1 saturated heterocycles. The molecule has 1 aliphatic heterocycles. The fraction of sp³-hybridized carbons (Fsp3) is 0.440. The predicted molar refractivity (Wildman–Crippen MR) is 120 cm³/mol. The van der Waals surface area contributed by atoms with E-state index in [1.807, 2.05) is 60.4 Å². The number of unbranched alkanes of at least 4 members (excludes halogenated alkanes) is 1. The standard InChI is InChI=1S/C25H33N3O2/c1-3-4-15-26-25(30)28-17-22(21-13-9-6-10-14-21)16-23(18-28)24(29)27-19(2)20-11-7-5-8-12-20/h5-14,19,22-23H,3-4,15-18H2,1-2H3,(H,26,30)(H,27,29)/t19-,22-,23+/m0/s1. The van der Waals surface area contributed by atoms with Crippen molar-refractivity contribution in [3.05, 3.63) is 71.8 Å². The average molecular weight is 408 g/mol. The highest BCUT2D eigenvalue weighted by atomic mass is 16.2. The Kier molecular flexibility index (Phi) is 7.89. The Morgan fingerprint density at radius 3 is 2.37 bits per heavy atom. The first-order chi connectivity index (χ1) is 14.6. The molecule has 5 heteroatoms. The maximum atomic E-state index is 13.1. The second-order valence-corrected chi connectivity index (χ2v) is 8.17. The van der Waals surface area contributed by atoms with Gasteiger partial charge in [-0.1, -0.05) is 74.0 Å². The largest absolute Gasteiger partial charge is 0.349 e. The highest BCUT2D eigenvalue weighted by molar-refractivity contribution is 5.81. The van der Waals surface area contributed by atoms with Gasteiger partial charge in [0, 0.05) is 25.6 Å².